The number of rotatable bonds is 2. The summed E-state index contributed by atoms with van der Waals surface area (Å²) in [4.78, 5) is 15.4. The number of imidazole rings is 1. The smallest absolute Gasteiger partial charge is 0.304 e. The van der Waals surface area contributed by atoms with E-state index in [4.69, 9.17) is 5.11 Å². The predicted molar refractivity (Wildman–Crippen MR) is 64.1 cm³/mol. The van der Waals surface area contributed by atoms with Crippen LogP contribution in [0, 0.1) is 6.92 Å². The Bertz CT molecular complexity index is 601. The van der Waals surface area contributed by atoms with Gasteiger partial charge in [0, 0.05) is 12.5 Å². The lowest BCUT2D eigenvalue weighted by molar-refractivity contribution is -0.137. The summed E-state index contributed by atoms with van der Waals surface area (Å²) in [5.41, 5.74) is 3.32. The quantitative estimate of drug-likeness (QED) is 0.861. The Morgan fingerprint density at radius 1 is 1.59 bits per heavy atom. The molecule has 1 aromatic carbocycles. The van der Waals surface area contributed by atoms with Crippen molar-refractivity contribution in [2.45, 2.75) is 32.2 Å². The van der Waals surface area contributed by atoms with E-state index in [1.54, 1.807) is 0 Å². The number of hydrogen-bond acceptors (Lipinski definition) is 2. The van der Waals surface area contributed by atoms with E-state index >= 15 is 0 Å². The van der Waals surface area contributed by atoms with Gasteiger partial charge in [-0.2, -0.15) is 0 Å². The number of fused-ring (bicyclic) bond motifs is 3. The van der Waals surface area contributed by atoms with Gasteiger partial charge in [0.1, 0.15) is 5.82 Å². The highest BCUT2D eigenvalue weighted by molar-refractivity contribution is 5.77. The van der Waals surface area contributed by atoms with Crippen molar-refractivity contribution in [1.82, 2.24) is 9.55 Å². The Balaban J connectivity index is 2.10. The van der Waals surface area contributed by atoms with E-state index in [2.05, 4.69) is 22.5 Å². The molecule has 0 radical (unpaired) electrons. The second-order valence-corrected chi connectivity index (χ2v) is 4.70. The predicted octanol–water partition coefficient (Wildman–Crippen LogP) is 2.31. The molecule has 0 aliphatic carbocycles. The maximum Gasteiger partial charge on any atom is 0.304 e. The van der Waals surface area contributed by atoms with Gasteiger partial charge >= 0.3 is 5.97 Å². The molecule has 1 unspecified atom stereocenters. The van der Waals surface area contributed by atoms with Crippen LogP contribution in [-0.2, 0) is 11.3 Å². The summed E-state index contributed by atoms with van der Waals surface area (Å²) in [5.74, 6) is 0.264. The minimum Gasteiger partial charge on any atom is -0.481 e. The topological polar surface area (TPSA) is 55.1 Å². The van der Waals surface area contributed by atoms with Crippen molar-refractivity contribution < 1.29 is 9.90 Å². The third-order valence-electron chi connectivity index (χ3n) is 3.42. The maximum atomic E-state index is 10.8. The molecule has 4 nitrogen and oxygen atoms in total. The largest absolute Gasteiger partial charge is 0.481 e. The highest BCUT2D eigenvalue weighted by Gasteiger charge is 2.28. The first-order valence-corrected chi connectivity index (χ1v) is 5.84. The monoisotopic (exact) mass is 230 g/mol. The molecule has 3 rings (SSSR count). The van der Waals surface area contributed by atoms with Crippen LogP contribution in [0.15, 0.2) is 18.2 Å². The Morgan fingerprint density at radius 2 is 2.41 bits per heavy atom. The van der Waals surface area contributed by atoms with Gasteiger partial charge in [-0.1, -0.05) is 6.07 Å². The van der Waals surface area contributed by atoms with Crippen molar-refractivity contribution in [2.24, 2.45) is 0 Å². The normalized spacial score (nSPS) is 18.5. The van der Waals surface area contributed by atoms with Crippen LogP contribution in [0.3, 0.4) is 0 Å². The molecule has 0 saturated carbocycles. The summed E-state index contributed by atoms with van der Waals surface area (Å²) < 4.78 is 2.16. The van der Waals surface area contributed by atoms with Crippen molar-refractivity contribution in [3.63, 3.8) is 0 Å². The van der Waals surface area contributed by atoms with Gasteiger partial charge in [-0.15, -0.1) is 0 Å². The van der Waals surface area contributed by atoms with E-state index in [1.165, 1.54) is 5.56 Å². The Hall–Kier alpha value is -1.84. The minimum atomic E-state index is -0.744. The van der Waals surface area contributed by atoms with Gasteiger partial charge in [-0.05, 0) is 31.0 Å². The number of carbonyl (C=O) groups is 1. The van der Waals surface area contributed by atoms with Gasteiger partial charge in [0.15, 0.2) is 0 Å². The number of carboxylic acids is 1. The lowest BCUT2D eigenvalue weighted by Crippen LogP contribution is -2.04. The molecule has 1 aromatic heterocycles. The van der Waals surface area contributed by atoms with Crippen LogP contribution in [0.2, 0.25) is 0 Å². The van der Waals surface area contributed by atoms with Crippen LogP contribution in [-0.4, -0.2) is 20.6 Å². The standard InChI is InChI=1S/C13H14N2O2/c1-8-2-3-10-11(6-8)15-5-4-9(7-12(16)17)13(15)14-10/h2-3,6,9H,4-5,7H2,1H3,(H,16,17). The van der Waals surface area contributed by atoms with Gasteiger partial charge < -0.3 is 9.67 Å². The fourth-order valence-electron chi connectivity index (χ4n) is 2.62. The van der Waals surface area contributed by atoms with Gasteiger partial charge in [0.2, 0.25) is 0 Å². The highest BCUT2D eigenvalue weighted by atomic mass is 16.4. The summed E-state index contributed by atoms with van der Waals surface area (Å²) in [6.07, 6.45) is 1.07. The zero-order valence-corrected chi connectivity index (χ0v) is 9.68. The fourth-order valence-corrected chi connectivity index (χ4v) is 2.62. The molecule has 1 aliphatic heterocycles. The Kier molecular flexibility index (Phi) is 2.18. The molecule has 0 fully saturated rings. The molecule has 0 amide bonds. The number of carboxylic acid groups (broad SMARTS) is 1. The molecule has 0 saturated heterocycles. The molecule has 2 heterocycles. The number of benzene rings is 1. The van der Waals surface area contributed by atoms with Gasteiger partial charge in [0.05, 0.1) is 17.5 Å². The highest BCUT2D eigenvalue weighted by Crippen LogP contribution is 2.33. The Morgan fingerprint density at radius 3 is 3.18 bits per heavy atom. The molecule has 17 heavy (non-hydrogen) atoms. The number of nitrogens with zero attached hydrogens (tertiary/aromatic N) is 2. The molecule has 0 spiro atoms. The number of hydrogen-bond donors (Lipinski definition) is 1. The molecule has 4 heteroatoms. The average molecular weight is 230 g/mol. The van der Waals surface area contributed by atoms with Crippen LogP contribution in [0.1, 0.15) is 30.1 Å². The first-order valence-electron chi connectivity index (χ1n) is 5.84. The summed E-state index contributed by atoms with van der Waals surface area (Å²) >= 11 is 0. The van der Waals surface area contributed by atoms with Crippen molar-refractivity contribution in [3.05, 3.63) is 29.6 Å². The summed E-state index contributed by atoms with van der Waals surface area (Å²) in [6.45, 7) is 2.94. The number of aromatic nitrogens is 2. The van der Waals surface area contributed by atoms with E-state index in [-0.39, 0.29) is 12.3 Å². The van der Waals surface area contributed by atoms with Gasteiger partial charge in [-0.3, -0.25) is 4.79 Å². The maximum absolute atomic E-state index is 10.8. The lowest BCUT2D eigenvalue weighted by Gasteiger charge is -2.02. The zero-order chi connectivity index (χ0) is 12.0. The molecular formula is C13H14N2O2. The second kappa shape index (κ2) is 3.58. The molecule has 1 atom stereocenters. The third kappa shape index (κ3) is 1.60. The number of aliphatic carboxylic acids is 1. The number of aryl methyl sites for hydroxylation is 2. The average Bonchev–Trinajstić information content (AvgIpc) is 2.78. The van der Waals surface area contributed by atoms with Crippen LogP contribution in [0.4, 0.5) is 0 Å². The van der Waals surface area contributed by atoms with Crippen LogP contribution in [0.5, 0.6) is 0 Å². The molecule has 88 valence electrons. The van der Waals surface area contributed by atoms with Crippen LogP contribution >= 0.6 is 0 Å². The molecule has 0 bridgehead atoms. The van der Waals surface area contributed by atoms with E-state index < -0.39 is 5.97 Å². The van der Waals surface area contributed by atoms with Crippen molar-refractivity contribution >= 4 is 17.0 Å². The fraction of sp³-hybridized carbons (Fsp3) is 0.385. The van der Waals surface area contributed by atoms with E-state index in [1.807, 2.05) is 12.1 Å². The van der Waals surface area contributed by atoms with E-state index in [9.17, 15) is 4.79 Å². The van der Waals surface area contributed by atoms with Crippen LogP contribution in [0.25, 0.3) is 11.0 Å². The van der Waals surface area contributed by atoms with Crippen molar-refractivity contribution in [2.75, 3.05) is 0 Å². The van der Waals surface area contributed by atoms with E-state index in [0.717, 1.165) is 29.8 Å². The van der Waals surface area contributed by atoms with E-state index in [0.29, 0.717) is 0 Å². The van der Waals surface area contributed by atoms with Crippen molar-refractivity contribution in [1.29, 1.82) is 0 Å². The first-order chi connectivity index (χ1) is 8.15. The lowest BCUT2D eigenvalue weighted by atomic mass is 10.0. The Labute approximate surface area is 98.9 Å². The first kappa shape index (κ1) is 10.3. The van der Waals surface area contributed by atoms with Gasteiger partial charge in [0.25, 0.3) is 0 Å². The minimum absolute atomic E-state index is 0.0696. The summed E-state index contributed by atoms with van der Waals surface area (Å²) in [5, 5.41) is 8.88. The van der Waals surface area contributed by atoms with Crippen molar-refractivity contribution in [3.8, 4) is 0 Å². The summed E-state index contributed by atoms with van der Waals surface area (Å²) in [7, 11) is 0. The molecule has 1 aliphatic rings. The molecule has 2 aromatic rings. The summed E-state index contributed by atoms with van der Waals surface area (Å²) in [6, 6.07) is 6.17. The third-order valence-corrected chi connectivity index (χ3v) is 3.42. The second-order valence-electron chi connectivity index (χ2n) is 4.70. The zero-order valence-electron chi connectivity index (χ0n) is 9.68. The van der Waals surface area contributed by atoms with Gasteiger partial charge in [-0.25, -0.2) is 4.98 Å². The SMILES string of the molecule is Cc1ccc2nc3n(c2c1)CCC3CC(=O)O. The van der Waals surface area contributed by atoms with Crippen LogP contribution < -0.4 is 0 Å². The molecule has 1 N–H and O–H groups in total. The molecular weight excluding hydrogens is 216 g/mol.